The average Bonchev–Trinajstić information content (AvgIpc) is 2.80. The fourth-order valence-corrected chi connectivity index (χ4v) is 6.53. The second-order valence-electron chi connectivity index (χ2n) is 11.9. The van der Waals surface area contributed by atoms with Crippen molar-refractivity contribution in [3.05, 3.63) is 0 Å². The van der Waals surface area contributed by atoms with Crippen LogP contribution in [0.15, 0.2) is 0 Å². The van der Waals surface area contributed by atoms with E-state index in [1.165, 1.54) is 32.1 Å². The second-order valence-corrected chi connectivity index (χ2v) is 11.9. The normalized spacial score (nSPS) is 31.5. The Labute approximate surface area is 207 Å². The van der Waals surface area contributed by atoms with Crippen molar-refractivity contribution in [3.63, 3.8) is 0 Å². The summed E-state index contributed by atoms with van der Waals surface area (Å²) < 4.78 is 0. The van der Waals surface area contributed by atoms with Crippen molar-refractivity contribution in [3.8, 4) is 0 Å². The highest BCUT2D eigenvalue weighted by Gasteiger charge is 2.37. The van der Waals surface area contributed by atoms with Crippen LogP contribution in [0.5, 0.6) is 0 Å². The minimum atomic E-state index is -1.17. The largest absolute Gasteiger partial charge is 0.481 e. The van der Waals surface area contributed by atoms with E-state index in [2.05, 4.69) is 29.4 Å². The number of β-amino-alcohol motifs (C(OH)–C–C–N with tert-alkyl or cyclic N) is 1. The molecule has 0 aromatic rings. The molecule has 3 rings (SSSR count). The number of aliphatic hydroxyl groups is 2. The fourth-order valence-electron chi connectivity index (χ4n) is 6.53. The highest BCUT2D eigenvalue weighted by atomic mass is 16.4. The monoisotopic (exact) mass is 481 g/mol. The summed E-state index contributed by atoms with van der Waals surface area (Å²) in [6, 6.07) is 0.988. The SMILES string of the molecule is CC1C(O)CCC2CC(CCCCCCCC(O)(CNC3(C)CCNCC3)CC(=O)O)CCN21. The fraction of sp³-hybridized carbons (Fsp3) is 0.963. The molecule has 0 saturated carbocycles. The number of hydrogen-bond donors (Lipinski definition) is 5. The van der Waals surface area contributed by atoms with Gasteiger partial charge in [-0.3, -0.25) is 9.69 Å². The zero-order chi connectivity index (χ0) is 24.6. The molecule has 0 spiro atoms. The van der Waals surface area contributed by atoms with Gasteiger partial charge in [-0.1, -0.05) is 38.5 Å². The number of rotatable bonds is 13. The predicted octanol–water partition coefficient (Wildman–Crippen LogP) is 3.28. The van der Waals surface area contributed by atoms with Crippen LogP contribution in [-0.4, -0.2) is 81.7 Å². The molecule has 7 nitrogen and oxygen atoms in total. The van der Waals surface area contributed by atoms with Crippen LogP contribution in [0.2, 0.25) is 0 Å². The number of carboxylic acids is 1. The third-order valence-corrected chi connectivity index (χ3v) is 9.03. The van der Waals surface area contributed by atoms with Gasteiger partial charge < -0.3 is 26.0 Å². The van der Waals surface area contributed by atoms with Crippen LogP contribution >= 0.6 is 0 Å². The van der Waals surface area contributed by atoms with Gasteiger partial charge in [0, 0.05) is 24.2 Å². The predicted molar refractivity (Wildman–Crippen MR) is 136 cm³/mol. The van der Waals surface area contributed by atoms with Crippen molar-refractivity contribution in [1.82, 2.24) is 15.5 Å². The molecule has 34 heavy (non-hydrogen) atoms. The molecule has 3 fully saturated rings. The number of carbonyl (C=O) groups is 1. The van der Waals surface area contributed by atoms with Crippen LogP contribution < -0.4 is 10.6 Å². The Hall–Kier alpha value is -0.730. The van der Waals surface area contributed by atoms with Crippen LogP contribution in [0, 0.1) is 5.92 Å². The van der Waals surface area contributed by atoms with E-state index in [-0.39, 0.29) is 18.1 Å². The second kappa shape index (κ2) is 13.0. The van der Waals surface area contributed by atoms with Crippen LogP contribution in [-0.2, 0) is 4.79 Å². The van der Waals surface area contributed by atoms with Gasteiger partial charge in [-0.15, -0.1) is 0 Å². The van der Waals surface area contributed by atoms with E-state index >= 15 is 0 Å². The maximum Gasteiger partial charge on any atom is 0.306 e. The lowest BCUT2D eigenvalue weighted by atomic mass is 9.81. The number of fused-ring (bicyclic) bond motifs is 1. The summed E-state index contributed by atoms with van der Waals surface area (Å²) in [4.78, 5) is 13.9. The van der Waals surface area contributed by atoms with Gasteiger partial charge in [-0.25, -0.2) is 0 Å². The number of nitrogens with zero attached hydrogens (tertiary/aromatic N) is 1. The van der Waals surface area contributed by atoms with E-state index in [0.29, 0.717) is 25.0 Å². The minimum Gasteiger partial charge on any atom is -0.481 e. The Morgan fingerprint density at radius 2 is 1.82 bits per heavy atom. The summed E-state index contributed by atoms with van der Waals surface area (Å²) in [6.45, 7) is 7.77. The van der Waals surface area contributed by atoms with Gasteiger partial charge in [-0.2, -0.15) is 0 Å². The van der Waals surface area contributed by atoms with Crippen LogP contribution in [0.25, 0.3) is 0 Å². The van der Waals surface area contributed by atoms with Gasteiger partial charge in [0.15, 0.2) is 0 Å². The summed E-state index contributed by atoms with van der Waals surface area (Å²) in [5.74, 6) is -0.0977. The van der Waals surface area contributed by atoms with Crippen molar-refractivity contribution >= 4 is 5.97 Å². The maximum absolute atomic E-state index is 11.4. The van der Waals surface area contributed by atoms with Crippen LogP contribution in [0.4, 0.5) is 0 Å². The highest BCUT2D eigenvalue weighted by Crippen LogP contribution is 2.35. The summed E-state index contributed by atoms with van der Waals surface area (Å²) in [7, 11) is 0. The molecule has 3 aliphatic rings. The molecule has 5 N–H and O–H groups in total. The molecule has 7 heteroatoms. The molecule has 0 radical (unpaired) electrons. The molecule has 5 atom stereocenters. The van der Waals surface area contributed by atoms with Crippen LogP contribution in [0.1, 0.15) is 104 Å². The number of hydrogen-bond acceptors (Lipinski definition) is 6. The third-order valence-electron chi connectivity index (χ3n) is 9.03. The average molecular weight is 482 g/mol. The Morgan fingerprint density at radius 1 is 1.12 bits per heavy atom. The molecule has 0 aliphatic carbocycles. The van der Waals surface area contributed by atoms with Gasteiger partial charge in [-0.05, 0) is 84.3 Å². The quantitative estimate of drug-likeness (QED) is 0.257. The van der Waals surface area contributed by atoms with Gasteiger partial charge in [0.2, 0.25) is 0 Å². The Morgan fingerprint density at radius 3 is 2.56 bits per heavy atom. The Balaban J connectivity index is 1.29. The molecule has 0 amide bonds. The first-order valence-corrected chi connectivity index (χ1v) is 14.0. The van der Waals surface area contributed by atoms with E-state index in [0.717, 1.165) is 70.5 Å². The first kappa shape index (κ1) is 27.9. The van der Waals surface area contributed by atoms with Crippen molar-refractivity contribution in [2.75, 3.05) is 26.2 Å². The molecule has 0 aromatic carbocycles. The number of unbranched alkanes of at least 4 members (excludes halogenated alkanes) is 4. The van der Waals surface area contributed by atoms with Crippen molar-refractivity contribution < 1.29 is 20.1 Å². The lowest BCUT2D eigenvalue weighted by Gasteiger charge is -2.48. The molecular formula is C27H51N3O4. The summed E-state index contributed by atoms with van der Waals surface area (Å²) in [6.07, 6.45) is 13.7. The van der Waals surface area contributed by atoms with Gasteiger partial charge in [0.1, 0.15) is 0 Å². The molecule has 3 saturated heterocycles. The lowest BCUT2D eigenvalue weighted by molar-refractivity contribution is -0.143. The standard InChI is InChI=1S/C27H51N3O4/c1-21-24(31)10-9-23-18-22(11-17-30(21)23)8-6-4-3-5-7-12-27(34,19-25(32)33)20-29-26(2)13-15-28-16-14-26/h21-24,28-29,31,34H,3-20H2,1-2H3,(H,32,33). The third kappa shape index (κ3) is 8.44. The van der Waals surface area contributed by atoms with E-state index in [1.807, 2.05) is 0 Å². The van der Waals surface area contributed by atoms with Crippen LogP contribution in [0.3, 0.4) is 0 Å². The van der Waals surface area contributed by atoms with Crippen molar-refractivity contribution in [1.29, 1.82) is 0 Å². The number of carboxylic acid groups (broad SMARTS) is 1. The van der Waals surface area contributed by atoms with E-state index in [4.69, 9.17) is 0 Å². The smallest absolute Gasteiger partial charge is 0.306 e. The number of aliphatic hydroxyl groups excluding tert-OH is 1. The number of nitrogens with one attached hydrogen (secondary N) is 2. The topological polar surface area (TPSA) is 105 Å². The van der Waals surface area contributed by atoms with Gasteiger partial charge in [0.05, 0.1) is 18.1 Å². The number of aliphatic carboxylic acids is 1. The Kier molecular flexibility index (Phi) is 10.6. The summed E-state index contributed by atoms with van der Waals surface area (Å²) in [5.41, 5.74) is -1.19. The first-order chi connectivity index (χ1) is 16.2. The first-order valence-electron chi connectivity index (χ1n) is 14.0. The molecule has 0 bridgehead atoms. The van der Waals surface area contributed by atoms with E-state index < -0.39 is 11.6 Å². The molecular weight excluding hydrogens is 430 g/mol. The number of piperidine rings is 3. The van der Waals surface area contributed by atoms with Gasteiger partial charge in [0.25, 0.3) is 0 Å². The van der Waals surface area contributed by atoms with Crippen molar-refractivity contribution in [2.24, 2.45) is 5.92 Å². The minimum absolute atomic E-state index is 0.0245. The van der Waals surface area contributed by atoms with Crippen molar-refractivity contribution in [2.45, 2.75) is 133 Å². The highest BCUT2D eigenvalue weighted by molar-refractivity contribution is 5.68. The molecule has 3 aliphatic heterocycles. The van der Waals surface area contributed by atoms with Gasteiger partial charge >= 0.3 is 5.97 Å². The zero-order valence-electron chi connectivity index (χ0n) is 21.7. The summed E-state index contributed by atoms with van der Waals surface area (Å²) in [5, 5.41) is 37.4. The lowest BCUT2D eigenvalue weighted by Crippen LogP contribution is -2.55. The molecule has 5 unspecified atom stereocenters. The summed E-state index contributed by atoms with van der Waals surface area (Å²) >= 11 is 0. The molecule has 3 heterocycles. The molecule has 0 aromatic heterocycles. The Bertz CT molecular complexity index is 627. The molecule has 198 valence electrons. The maximum atomic E-state index is 11.4. The zero-order valence-corrected chi connectivity index (χ0v) is 21.7. The van der Waals surface area contributed by atoms with E-state index in [9.17, 15) is 20.1 Å². The van der Waals surface area contributed by atoms with E-state index in [1.54, 1.807) is 0 Å².